The fourth-order valence-corrected chi connectivity index (χ4v) is 2.46. The predicted octanol–water partition coefficient (Wildman–Crippen LogP) is 3.00. The van der Waals surface area contributed by atoms with E-state index in [9.17, 15) is 27.2 Å². The van der Waals surface area contributed by atoms with Crippen LogP contribution in [0.15, 0.2) is 36.4 Å². The third-order valence-corrected chi connectivity index (χ3v) is 3.78. The average Bonchev–Trinajstić information content (AvgIpc) is 2.99. The van der Waals surface area contributed by atoms with Crippen LogP contribution >= 0.6 is 0 Å². The Morgan fingerprint density at radius 3 is 2.46 bits per heavy atom. The van der Waals surface area contributed by atoms with E-state index in [0.29, 0.717) is 11.8 Å². The molecule has 1 aliphatic rings. The van der Waals surface area contributed by atoms with Gasteiger partial charge in [0, 0.05) is 5.69 Å². The fourth-order valence-electron chi connectivity index (χ4n) is 2.46. The van der Waals surface area contributed by atoms with E-state index in [1.165, 1.54) is 29.2 Å². The molecule has 0 aliphatic carbocycles. The van der Waals surface area contributed by atoms with Gasteiger partial charge in [0.05, 0.1) is 18.7 Å². The summed E-state index contributed by atoms with van der Waals surface area (Å²) in [4.78, 5) is 25.0. The van der Waals surface area contributed by atoms with Crippen molar-refractivity contribution in [3.63, 3.8) is 0 Å². The number of amides is 2. The lowest BCUT2D eigenvalue weighted by atomic mass is 10.2. The largest absolute Gasteiger partial charge is 0.442 e. The zero-order chi connectivity index (χ0) is 18.8. The Labute approximate surface area is 145 Å². The summed E-state index contributed by atoms with van der Waals surface area (Å²) in [5, 5.41) is 2.30. The van der Waals surface area contributed by atoms with Crippen molar-refractivity contribution < 1.29 is 31.9 Å². The average molecular weight is 368 g/mol. The van der Waals surface area contributed by atoms with E-state index in [1.54, 1.807) is 0 Å². The van der Waals surface area contributed by atoms with Crippen molar-refractivity contribution in [2.75, 3.05) is 18.0 Å². The van der Waals surface area contributed by atoms with Gasteiger partial charge in [-0.3, -0.25) is 9.69 Å². The van der Waals surface area contributed by atoms with Crippen LogP contribution in [0.1, 0.15) is 10.4 Å². The maximum absolute atomic E-state index is 13.6. The van der Waals surface area contributed by atoms with Crippen LogP contribution in [-0.4, -0.2) is 31.2 Å². The van der Waals surface area contributed by atoms with E-state index in [2.05, 4.69) is 5.32 Å². The summed E-state index contributed by atoms with van der Waals surface area (Å²) in [5.74, 6) is -6.18. The Balaban J connectivity index is 1.62. The number of benzene rings is 2. The van der Waals surface area contributed by atoms with Crippen LogP contribution in [0.3, 0.4) is 0 Å². The van der Waals surface area contributed by atoms with Crippen LogP contribution in [0.4, 0.5) is 28.0 Å². The summed E-state index contributed by atoms with van der Waals surface area (Å²) >= 11 is 0. The molecule has 1 heterocycles. The van der Waals surface area contributed by atoms with E-state index in [0.717, 1.165) is 6.07 Å². The lowest BCUT2D eigenvalue weighted by Gasteiger charge is -2.13. The van der Waals surface area contributed by atoms with Crippen LogP contribution in [0.25, 0.3) is 0 Å². The minimum Gasteiger partial charge on any atom is -0.442 e. The van der Waals surface area contributed by atoms with Gasteiger partial charge in [-0.05, 0) is 36.4 Å². The number of anilines is 1. The summed E-state index contributed by atoms with van der Waals surface area (Å²) in [5.41, 5.74) is -0.250. The maximum atomic E-state index is 13.6. The molecular formula is C17H12F4N2O3. The highest BCUT2D eigenvalue weighted by molar-refractivity contribution is 5.94. The van der Waals surface area contributed by atoms with Gasteiger partial charge in [0.1, 0.15) is 11.9 Å². The number of halogens is 4. The first-order valence-corrected chi connectivity index (χ1v) is 7.52. The van der Waals surface area contributed by atoms with Gasteiger partial charge >= 0.3 is 6.09 Å². The molecule has 2 aromatic carbocycles. The SMILES string of the molecule is O=C(NCC1CN(c2ccc(F)cc2)C(=O)O1)c1ccc(F)c(F)c1F. The molecule has 0 saturated carbocycles. The maximum Gasteiger partial charge on any atom is 0.414 e. The van der Waals surface area contributed by atoms with Crippen LogP contribution < -0.4 is 10.2 Å². The number of hydrogen-bond acceptors (Lipinski definition) is 3. The number of hydrogen-bond donors (Lipinski definition) is 1. The van der Waals surface area contributed by atoms with Gasteiger partial charge in [0.15, 0.2) is 17.5 Å². The first kappa shape index (κ1) is 17.7. The first-order chi connectivity index (χ1) is 12.4. The van der Waals surface area contributed by atoms with E-state index < -0.39 is 46.9 Å². The number of ether oxygens (including phenoxy) is 1. The van der Waals surface area contributed by atoms with Crippen LogP contribution in [0.5, 0.6) is 0 Å². The number of nitrogens with zero attached hydrogens (tertiary/aromatic N) is 1. The van der Waals surface area contributed by atoms with Crippen molar-refractivity contribution in [3.8, 4) is 0 Å². The Morgan fingerprint density at radius 1 is 1.08 bits per heavy atom. The van der Waals surface area contributed by atoms with Gasteiger partial charge in [-0.2, -0.15) is 0 Å². The van der Waals surface area contributed by atoms with Gasteiger partial charge in [0.25, 0.3) is 5.91 Å². The van der Waals surface area contributed by atoms with Gasteiger partial charge in [-0.1, -0.05) is 0 Å². The Morgan fingerprint density at radius 2 is 1.77 bits per heavy atom. The normalized spacial score (nSPS) is 16.5. The molecule has 2 aromatic rings. The Bertz CT molecular complexity index is 858. The lowest BCUT2D eigenvalue weighted by molar-refractivity contribution is 0.0911. The number of rotatable bonds is 4. The molecule has 1 saturated heterocycles. The van der Waals surface area contributed by atoms with Crippen LogP contribution in [0, 0.1) is 23.3 Å². The van der Waals surface area contributed by atoms with E-state index in [4.69, 9.17) is 4.74 Å². The molecule has 0 spiro atoms. The molecule has 1 aliphatic heterocycles. The monoisotopic (exact) mass is 368 g/mol. The van der Waals surface area contributed by atoms with E-state index in [-0.39, 0.29) is 13.1 Å². The fraction of sp³-hybridized carbons (Fsp3) is 0.176. The predicted molar refractivity (Wildman–Crippen MR) is 82.7 cm³/mol. The molecule has 136 valence electrons. The number of cyclic esters (lactones) is 1. The molecule has 0 radical (unpaired) electrons. The second-order valence-electron chi connectivity index (χ2n) is 5.53. The summed E-state index contributed by atoms with van der Waals surface area (Å²) in [6.45, 7) is -0.0916. The Kier molecular flexibility index (Phi) is 4.79. The number of nitrogens with one attached hydrogen (secondary N) is 1. The lowest BCUT2D eigenvalue weighted by Crippen LogP contribution is -2.35. The van der Waals surface area contributed by atoms with Crippen LogP contribution in [-0.2, 0) is 4.74 Å². The zero-order valence-electron chi connectivity index (χ0n) is 13.1. The molecule has 1 N–H and O–H groups in total. The van der Waals surface area contributed by atoms with E-state index >= 15 is 0 Å². The standard InChI is InChI=1S/C17H12F4N2O3/c18-9-1-3-10(4-2-9)23-8-11(26-17(23)25)7-22-16(24)12-5-6-13(19)15(21)14(12)20/h1-6,11H,7-8H2,(H,22,24). The van der Waals surface area contributed by atoms with Crippen molar-refractivity contribution in [3.05, 3.63) is 65.2 Å². The molecule has 0 bridgehead atoms. The summed E-state index contributed by atoms with van der Waals surface area (Å²) in [7, 11) is 0. The van der Waals surface area contributed by atoms with Crippen molar-refractivity contribution >= 4 is 17.7 Å². The highest BCUT2D eigenvalue weighted by Crippen LogP contribution is 2.22. The summed E-state index contributed by atoms with van der Waals surface area (Å²) in [6.07, 6.45) is -1.43. The summed E-state index contributed by atoms with van der Waals surface area (Å²) in [6, 6.07) is 6.61. The molecule has 1 fully saturated rings. The number of carbonyl (C=O) groups is 2. The summed E-state index contributed by atoms with van der Waals surface area (Å²) < 4.78 is 57.7. The molecule has 9 heteroatoms. The van der Waals surface area contributed by atoms with Crippen molar-refractivity contribution in [2.24, 2.45) is 0 Å². The molecule has 1 atom stereocenters. The van der Waals surface area contributed by atoms with Crippen molar-refractivity contribution in [2.45, 2.75) is 6.10 Å². The molecular weight excluding hydrogens is 356 g/mol. The highest BCUT2D eigenvalue weighted by atomic mass is 19.2. The Hall–Kier alpha value is -3.10. The second kappa shape index (κ2) is 7.03. The molecule has 3 rings (SSSR count). The second-order valence-corrected chi connectivity index (χ2v) is 5.53. The minimum absolute atomic E-state index is 0.0744. The van der Waals surface area contributed by atoms with Gasteiger partial charge in [-0.25, -0.2) is 22.4 Å². The van der Waals surface area contributed by atoms with E-state index in [1.807, 2.05) is 0 Å². The zero-order valence-corrected chi connectivity index (χ0v) is 13.1. The molecule has 1 unspecified atom stereocenters. The van der Waals surface area contributed by atoms with Gasteiger partial charge in [-0.15, -0.1) is 0 Å². The minimum atomic E-state index is -1.74. The third-order valence-electron chi connectivity index (χ3n) is 3.78. The van der Waals surface area contributed by atoms with Gasteiger partial charge in [0.2, 0.25) is 0 Å². The van der Waals surface area contributed by atoms with Crippen molar-refractivity contribution in [1.29, 1.82) is 0 Å². The number of carbonyl (C=O) groups excluding carboxylic acids is 2. The van der Waals surface area contributed by atoms with Crippen LogP contribution in [0.2, 0.25) is 0 Å². The molecule has 5 nitrogen and oxygen atoms in total. The topological polar surface area (TPSA) is 58.6 Å². The molecule has 26 heavy (non-hydrogen) atoms. The quantitative estimate of drug-likeness (QED) is 0.667. The third kappa shape index (κ3) is 3.46. The van der Waals surface area contributed by atoms with Gasteiger partial charge < -0.3 is 10.1 Å². The van der Waals surface area contributed by atoms with Crippen molar-refractivity contribution in [1.82, 2.24) is 5.32 Å². The molecule has 0 aromatic heterocycles. The first-order valence-electron chi connectivity index (χ1n) is 7.52. The molecule has 2 amide bonds. The smallest absolute Gasteiger partial charge is 0.414 e. The highest BCUT2D eigenvalue weighted by Gasteiger charge is 2.32.